The van der Waals surface area contributed by atoms with Crippen molar-refractivity contribution in [1.82, 2.24) is 5.32 Å². The maximum Gasteiger partial charge on any atom is 0.124 e. The predicted molar refractivity (Wildman–Crippen MR) is 84.1 cm³/mol. The number of halogens is 1. The summed E-state index contributed by atoms with van der Waals surface area (Å²) in [7, 11) is 0. The van der Waals surface area contributed by atoms with Gasteiger partial charge in [0.1, 0.15) is 12.4 Å². The fraction of sp³-hybridized carbons (Fsp3) is 0.176. The minimum Gasteiger partial charge on any atom is -0.489 e. The molecule has 0 aromatic heterocycles. The molecule has 0 atom stereocenters. The highest BCUT2D eigenvalue weighted by molar-refractivity contribution is 6.30. The summed E-state index contributed by atoms with van der Waals surface area (Å²) in [4.78, 5) is 0. The molecular weight excluding hydrogens is 270 g/mol. The first-order chi connectivity index (χ1) is 9.79. The van der Waals surface area contributed by atoms with Crippen LogP contribution in [0.5, 0.6) is 5.75 Å². The summed E-state index contributed by atoms with van der Waals surface area (Å²) in [5, 5.41) is 4.11. The van der Waals surface area contributed by atoms with Crippen LogP contribution >= 0.6 is 11.6 Å². The van der Waals surface area contributed by atoms with Gasteiger partial charge in [0.15, 0.2) is 0 Å². The molecule has 1 N–H and O–H groups in total. The Kier molecular flexibility index (Phi) is 5.66. The van der Waals surface area contributed by atoms with Crippen LogP contribution in [-0.2, 0) is 13.1 Å². The zero-order valence-electron chi connectivity index (χ0n) is 11.3. The minimum atomic E-state index is 0.493. The molecule has 0 fully saturated rings. The monoisotopic (exact) mass is 287 g/mol. The first kappa shape index (κ1) is 14.6. The third-order valence-corrected chi connectivity index (χ3v) is 3.10. The molecule has 0 aliphatic carbocycles. The summed E-state index contributed by atoms with van der Waals surface area (Å²) < 4.78 is 5.63. The van der Waals surface area contributed by atoms with E-state index in [1.807, 2.05) is 36.4 Å². The van der Waals surface area contributed by atoms with Crippen molar-refractivity contribution in [2.24, 2.45) is 0 Å². The highest BCUT2D eigenvalue weighted by Crippen LogP contribution is 2.23. The van der Waals surface area contributed by atoms with Crippen LogP contribution in [0, 0.1) is 0 Å². The lowest BCUT2D eigenvalue weighted by molar-refractivity contribution is 0.358. The highest BCUT2D eigenvalue weighted by atomic mass is 35.5. The van der Waals surface area contributed by atoms with E-state index in [0.29, 0.717) is 18.2 Å². The Hall–Kier alpha value is -1.77. The van der Waals surface area contributed by atoms with Crippen LogP contribution in [0.3, 0.4) is 0 Å². The number of nitrogens with one attached hydrogen (secondary N) is 1. The fourth-order valence-corrected chi connectivity index (χ4v) is 2.11. The van der Waals surface area contributed by atoms with Gasteiger partial charge in [0.2, 0.25) is 0 Å². The summed E-state index contributed by atoms with van der Waals surface area (Å²) in [6, 6.07) is 15.9. The molecule has 2 aromatic carbocycles. The zero-order valence-corrected chi connectivity index (χ0v) is 12.1. The molecule has 20 heavy (non-hydrogen) atoms. The second-order valence-corrected chi connectivity index (χ2v) is 4.88. The number of hydrogen-bond donors (Lipinski definition) is 1. The molecule has 0 saturated heterocycles. The van der Waals surface area contributed by atoms with Crippen LogP contribution < -0.4 is 10.1 Å². The van der Waals surface area contributed by atoms with Gasteiger partial charge in [0.25, 0.3) is 0 Å². The van der Waals surface area contributed by atoms with Gasteiger partial charge in [-0.3, -0.25) is 0 Å². The van der Waals surface area contributed by atoms with Crippen LogP contribution in [0.15, 0.2) is 61.2 Å². The first-order valence-corrected chi connectivity index (χ1v) is 6.94. The third-order valence-electron chi connectivity index (χ3n) is 2.87. The summed E-state index contributed by atoms with van der Waals surface area (Å²) in [5.74, 6) is 0.842. The maximum absolute atomic E-state index is 6.04. The Bertz CT molecular complexity index is 554. The van der Waals surface area contributed by atoms with E-state index >= 15 is 0 Å². The molecule has 0 radical (unpaired) electrons. The molecule has 104 valence electrons. The number of benzene rings is 2. The van der Waals surface area contributed by atoms with E-state index in [-0.39, 0.29) is 0 Å². The molecule has 0 heterocycles. The van der Waals surface area contributed by atoms with Gasteiger partial charge < -0.3 is 10.1 Å². The standard InChI is InChI=1S/C17H18ClNO/c1-2-10-20-17-9-8-16(18)11-15(17)13-19-12-14-6-4-3-5-7-14/h2-9,11,19H,1,10,12-13H2. The highest BCUT2D eigenvalue weighted by Gasteiger charge is 2.04. The van der Waals surface area contributed by atoms with E-state index < -0.39 is 0 Å². The Morgan fingerprint density at radius 2 is 1.90 bits per heavy atom. The zero-order chi connectivity index (χ0) is 14.2. The molecule has 0 aliphatic rings. The van der Waals surface area contributed by atoms with E-state index in [2.05, 4.69) is 24.0 Å². The van der Waals surface area contributed by atoms with Crippen LogP contribution in [0.4, 0.5) is 0 Å². The van der Waals surface area contributed by atoms with Gasteiger partial charge in [0.05, 0.1) is 0 Å². The van der Waals surface area contributed by atoms with Gasteiger partial charge in [0, 0.05) is 23.7 Å². The summed E-state index contributed by atoms with van der Waals surface area (Å²) in [6.45, 7) is 5.68. The summed E-state index contributed by atoms with van der Waals surface area (Å²) in [6.07, 6.45) is 1.73. The van der Waals surface area contributed by atoms with Gasteiger partial charge in [-0.25, -0.2) is 0 Å². The van der Waals surface area contributed by atoms with Crippen molar-refractivity contribution in [1.29, 1.82) is 0 Å². The molecule has 0 amide bonds. The van der Waals surface area contributed by atoms with E-state index in [9.17, 15) is 0 Å². The third kappa shape index (κ3) is 4.41. The molecule has 2 rings (SSSR count). The number of ether oxygens (including phenoxy) is 1. The average molecular weight is 288 g/mol. The van der Waals surface area contributed by atoms with Crippen molar-refractivity contribution in [3.8, 4) is 5.75 Å². The molecular formula is C17H18ClNO. The van der Waals surface area contributed by atoms with E-state index in [0.717, 1.165) is 17.9 Å². The van der Waals surface area contributed by atoms with Crippen LogP contribution in [0.25, 0.3) is 0 Å². The first-order valence-electron chi connectivity index (χ1n) is 6.56. The van der Waals surface area contributed by atoms with E-state index in [4.69, 9.17) is 16.3 Å². The Morgan fingerprint density at radius 3 is 2.65 bits per heavy atom. The number of hydrogen-bond acceptors (Lipinski definition) is 2. The van der Waals surface area contributed by atoms with Crippen LogP contribution in [-0.4, -0.2) is 6.61 Å². The lowest BCUT2D eigenvalue weighted by Crippen LogP contribution is -2.13. The van der Waals surface area contributed by atoms with Gasteiger partial charge >= 0.3 is 0 Å². The lowest BCUT2D eigenvalue weighted by Gasteiger charge is -2.11. The Morgan fingerprint density at radius 1 is 1.10 bits per heavy atom. The van der Waals surface area contributed by atoms with E-state index in [1.165, 1.54) is 5.56 Å². The maximum atomic E-state index is 6.04. The molecule has 0 saturated carbocycles. The van der Waals surface area contributed by atoms with Crippen molar-refractivity contribution >= 4 is 11.6 Å². The minimum absolute atomic E-state index is 0.493. The van der Waals surface area contributed by atoms with Crippen molar-refractivity contribution in [3.05, 3.63) is 77.3 Å². The Labute approximate surface area is 125 Å². The van der Waals surface area contributed by atoms with Gasteiger partial charge in [-0.1, -0.05) is 54.6 Å². The fourth-order valence-electron chi connectivity index (χ4n) is 1.91. The van der Waals surface area contributed by atoms with Gasteiger partial charge in [-0.05, 0) is 23.8 Å². The SMILES string of the molecule is C=CCOc1ccc(Cl)cc1CNCc1ccccc1. The predicted octanol–water partition coefficient (Wildman–Crippen LogP) is 4.19. The molecule has 3 heteroatoms. The normalized spacial score (nSPS) is 10.2. The molecule has 0 spiro atoms. The molecule has 0 bridgehead atoms. The second-order valence-electron chi connectivity index (χ2n) is 4.44. The van der Waals surface area contributed by atoms with Crippen LogP contribution in [0.2, 0.25) is 5.02 Å². The second kappa shape index (κ2) is 7.73. The van der Waals surface area contributed by atoms with E-state index in [1.54, 1.807) is 6.08 Å². The molecule has 0 aliphatic heterocycles. The summed E-state index contributed by atoms with van der Waals surface area (Å²) >= 11 is 6.04. The number of rotatable bonds is 7. The topological polar surface area (TPSA) is 21.3 Å². The molecule has 0 unspecified atom stereocenters. The van der Waals surface area contributed by atoms with Gasteiger partial charge in [-0.15, -0.1) is 0 Å². The smallest absolute Gasteiger partial charge is 0.124 e. The molecule has 2 nitrogen and oxygen atoms in total. The summed E-state index contributed by atoms with van der Waals surface area (Å²) in [5.41, 5.74) is 2.30. The average Bonchev–Trinajstić information content (AvgIpc) is 2.47. The Balaban J connectivity index is 1.97. The molecule has 2 aromatic rings. The van der Waals surface area contributed by atoms with Gasteiger partial charge in [-0.2, -0.15) is 0 Å². The van der Waals surface area contributed by atoms with Crippen molar-refractivity contribution in [3.63, 3.8) is 0 Å². The van der Waals surface area contributed by atoms with Crippen molar-refractivity contribution in [2.75, 3.05) is 6.61 Å². The van der Waals surface area contributed by atoms with Crippen molar-refractivity contribution < 1.29 is 4.74 Å². The quantitative estimate of drug-likeness (QED) is 0.771. The van der Waals surface area contributed by atoms with Crippen molar-refractivity contribution in [2.45, 2.75) is 13.1 Å². The largest absolute Gasteiger partial charge is 0.489 e. The van der Waals surface area contributed by atoms with Crippen LogP contribution in [0.1, 0.15) is 11.1 Å². The lowest BCUT2D eigenvalue weighted by atomic mass is 10.2.